The molecule has 2 rings (SSSR count). The molecule has 162 valence electrons. The Morgan fingerprint density at radius 1 is 1.17 bits per heavy atom. The van der Waals surface area contributed by atoms with Crippen molar-refractivity contribution in [2.45, 2.75) is 51.2 Å². The number of nitrogens with zero attached hydrogens (tertiary/aromatic N) is 1. The maximum Gasteiger partial charge on any atom is 0.410 e. The van der Waals surface area contributed by atoms with Crippen molar-refractivity contribution in [2.75, 3.05) is 19.3 Å². The van der Waals surface area contributed by atoms with Crippen molar-refractivity contribution in [1.82, 2.24) is 4.90 Å². The number of carboxylic acids is 1. The Morgan fingerprint density at radius 3 is 2.41 bits per heavy atom. The van der Waals surface area contributed by atoms with Crippen molar-refractivity contribution in [2.24, 2.45) is 5.92 Å². The van der Waals surface area contributed by atoms with Crippen LogP contribution < -0.4 is 0 Å². The first-order valence-electron chi connectivity index (χ1n) is 9.81. The average molecular weight is 428 g/mol. The highest BCUT2D eigenvalue weighted by Crippen LogP contribution is 2.24. The second-order valence-electron chi connectivity index (χ2n) is 7.38. The van der Waals surface area contributed by atoms with Gasteiger partial charge in [-0.15, -0.1) is 0 Å². The van der Waals surface area contributed by atoms with Crippen LogP contribution in [0.2, 0.25) is 0 Å². The molecule has 1 aromatic carbocycles. The zero-order valence-electron chi connectivity index (χ0n) is 16.7. The van der Waals surface area contributed by atoms with Crippen LogP contribution in [0, 0.1) is 5.92 Å². The molecule has 1 aromatic rings. The Bertz CT molecular complexity index is 758. The first-order chi connectivity index (χ1) is 13.7. The van der Waals surface area contributed by atoms with Crippen LogP contribution in [0.1, 0.15) is 44.1 Å². The van der Waals surface area contributed by atoms with E-state index in [1.165, 1.54) is 0 Å². The van der Waals surface area contributed by atoms with Gasteiger partial charge in [0.05, 0.1) is 6.26 Å². The molecule has 1 saturated heterocycles. The second-order valence-corrected chi connectivity index (χ2v) is 8.98. The van der Waals surface area contributed by atoms with E-state index in [0.717, 1.165) is 37.5 Å². The number of likely N-dealkylation sites (tertiary alicyclic amines) is 1. The molecule has 9 heteroatoms. The third kappa shape index (κ3) is 8.82. The lowest BCUT2D eigenvalue weighted by molar-refractivity contribution is -0.145. The predicted octanol–water partition coefficient (Wildman–Crippen LogP) is 3.03. The third-order valence-corrected chi connectivity index (χ3v) is 5.55. The predicted molar refractivity (Wildman–Crippen MR) is 107 cm³/mol. The number of amides is 1. The molecule has 0 aromatic heterocycles. The van der Waals surface area contributed by atoms with Crippen LogP contribution >= 0.6 is 0 Å². The Hall–Kier alpha value is -2.13. The summed E-state index contributed by atoms with van der Waals surface area (Å²) in [5.41, 5.74) is 0.954. The Kier molecular flexibility index (Phi) is 8.91. The summed E-state index contributed by atoms with van der Waals surface area (Å²) in [6.07, 6.45) is 3.42. The normalized spacial score (nSPS) is 16.4. The summed E-state index contributed by atoms with van der Waals surface area (Å²) < 4.78 is 32.2. The molecule has 0 bridgehead atoms. The summed E-state index contributed by atoms with van der Waals surface area (Å²) in [5, 5.41) is 9.04. The van der Waals surface area contributed by atoms with Gasteiger partial charge in [-0.05, 0) is 30.7 Å². The number of carboxylic acid groups (broad SMARTS) is 1. The minimum Gasteiger partial charge on any atom is -0.479 e. The third-order valence-electron chi connectivity index (χ3n) is 4.97. The fraction of sp³-hybridized carbons (Fsp3) is 0.600. The standard InChI is InChI=1S/C20H29NO7S/c1-29(25,26)28-18(19(22)23)10-6-5-7-16-11-13-21(14-12-16)20(24)27-15-17-8-3-2-4-9-17/h2-4,8-9,16,18H,5-7,10-15H2,1H3,(H,22,23). The maximum atomic E-state index is 12.2. The number of hydrogen-bond acceptors (Lipinski definition) is 6. The number of benzene rings is 1. The van der Waals surface area contributed by atoms with E-state index in [4.69, 9.17) is 9.84 Å². The maximum absolute atomic E-state index is 12.2. The first-order valence-corrected chi connectivity index (χ1v) is 11.6. The van der Waals surface area contributed by atoms with Gasteiger partial charge in [-0.2, -0.15) is 8.42 Å². The van der Waals surface area contributed by atoms with Crippen LogP contribution in [0.5, 0.6) is 0 Å². The lowest BCUT2D eigenvalue weighted by atomic mass is 9.91. The molecule has 8 nitrogen and oxygen atoms in total. The molecule has 1 atom stereocenters. The molecule has 1 heterocycles. The summed E-state index contributed by atoms with van der Waals surface area (Å²) in [6, 6.07) is 9.54. The van der Waals surface area contributed by atoms with E-state index in [1.54, 1.807) is 4.90 Å². The number of rotatable bonds is 10. The van der Waals surface area contributed by atoms with Crippen LogP contribution in [0.3, 0.4) is 0 Å². The van der Waals surface area contributed by atoms with Gasteiger partial charge in [-0.1, -0.05) is 49.6 Å². The second kappa shape index (κ2) is 11.2. The number of unbranched alkanes of at least 4 members (excludes halogenated alkanes) is 1. The van der Waals surface area contributed by atoms with E-state index >= 15 is 0 Å². The van der Waals surface area contributed by atoms with Crippen molar-refractivity contribution >= 4 is 22.2 Å². The minimum absolute atomic E-state index is 0.160. The van der Waals surface area contributed by atoms with E-state index in [0.29, 0.717) is 25.4 Å². The fourth-order valence-electron chi connectivity index (χ4n) is 3.40. The Labute approximate surface area is 171 Å². The van der Waals surface area contributed by atoms with Gasteiger partial charge in [0.1, 0.15) is 6.61 Å². The van der Waals surface area contributed by atoms with E-state index < -0.39 is 22.2 Å². The number of aliphatic carboxylic acids is 1. The van der Waals surface area contributed by atoms with Crippen molar-refractivity contribution in [3.8, 4) is 0 Å². The quantitative estimate of drug-likeness (QED) is 0.451. The molecule has 1 N–H and O–H groups in total. The molecular formula is C20H29NO7S. The molecule has 0 radical (unpaired) electrons. The molecular weight excluding hydrogens is 398 g/mol. The minimum atomic E-state index is -3.79. The number of carbonyl (C=O) groups excluding carboxylic acids is 1. The van der Waals surface area contributed by atoms with E-state index in [1.807, 2.05) is 30.3 Å². The molecule has 1 aliphatic rings. The number of carbonyl (C=O) groups is 2. The molecule has 0 spiro atoms. The van der Waals surface area contributed by atoms with Gasteiger partial charge in [0, 0.05) is 13.1 Å². The highest BCUT2D eigenvalue weighted by molar-refractivity contribution is 7.86. The molecule has 1 amide bonds. The Balaban J connectivity index is 1.62. The topological polar surface area (TPSA) is 110 Å². The van der Waals surface area contributed by atoms with Crippen molar-refractivity contribution in [1.29, 1.82) is 0 Å². The van der Waals surface area contributed by atoms with Crippen LogP contribution in [0.25, 0.3) is 0 Å². The SMILES string of the molecule is CS(=O)(=O)OC(CCCCC1CCN(C(=O)OCc2ccccc2)CC1)C(=O)O. The largest absolute Gasteiger partial charge is 0.479 e. The van der Waals surface area contributed by atoms with Gasteiger partial charge in [-0.3, -0.25) is 4.18 Å². The van der Waals surface area contributed by atoms with Gasteiger partial charge in [-0.25, -0.2) is 9.59 Å². The van der Waals surface area contributed by atoms with Crippen LogP contribution in [0.15, 0.2) is 30.3 Å². The first kappa shape index (κ1) is 23.2. The monoisotopic (exact) mass is 427 g/mol. The summed E-state index contributed by atoms with van der Waals surface area (Å²) in [7, 11) is -3.79. The van der Waals surface area contributed by atoms with Crippen LogP contribution in [-0.4, -0.2) is 55.9 Å². The molecule has 0 saturated carbocycles. The average Bonchev–Trinajstić information content (AvgIpc) is 2.68. The highest BCUT2D eigenvalue weighted by Gasteiger charge is 2.25. The van der Waals surface area contributed by atoms with Crippen molar-refractivity contribution in [3.63, 3.8) is 0 Å². The smallest absolute Gasteiger partial charge is 0.410 e. The van der Waals surface area contributed by atoms with Gasteiger partial charge in [0.15, 0.2) is 6.10 Å². The summed E-state index contributed by atoms with van der Waals surface area (Å²) in [5.74, 6) is -0.801. The van der Waals surface area contributed by atoms with Crippen molar-refractivity contribution in [3.05, 3.63) is 35.9 Å². The molecule has 29 heavy (non-hydrogen) atoms. The molecule has 1 unspecified atom stereocenters. The van der Waals surface area contributed by atoms with Gasteiger partial charge >= 0.3 is 12.1 Å². The lowest BCUT2D eigenvalue weighted by Crippen LogP contribution is -2.38. The lowest BCUT2D eigenvalue weighted by Gasteiger charge is -2.31. The number of ether oxygens (including phenoxy) is 1. The zero-order chi connectivity index (χ0) is 21.3. The van der Waals surface area contributed by atoms with E-state index in [-0.39, 0.29) is 19.1 Å². The zero-order valence-corrected chi connectivity index (χ0v) is 17.5. The van der Waals surface area contributed by atoms with E-state index in [9.17, 15) is 18.0 Å². The highest BCUT2D eigenvalue weighted by atomic mass is 32.2. The fourth-order valence-corrected chi connectivity index (χ4v) is 4.00. The number of hydrogen-bond donors (Lipinski definition) is 1. The summed E-state index contributed by atoms with van der Waals surface area (Å²) >= 11 is 0. The van der Waals surface area contributed by atoms with Gasteiger partial charge < -0.3 is 14.7 Å². The summed E-state index contributed by atoms with van der Waals surface area (Å²) in [6.45, 7) is 1.56. The van der Waals surface area contributed by atoms with Crippen LogP contribution in [0.4, 0.5) is 4.79 Å². The summed E-state index contributed by atoms with van der Waals surface area (Å²) in [4.78, 5) is 25.0. The van der Waals surface area contributed by atoms with Crippen LogP contribution in [-0.2, 0) is 30.4 Å². The van der Waals surface area contributed by atoms with Gasteiger partial charge in [0.2, 0.25) is 0 Å². The Morgan fingerprint density at radius 2 is 1.83 bits per heavy atom. The molecule has 1 aliphatic heterocycles. The molecule has 1 fully saturated rings. The molecule has 0 aliphatic carbocycles. The number of piperidine rings is 1. The van der Waals surface area contributed by atoms with Gasteiger partial charge in [0.25, 0.3) is 10.1 Å². The van der Waals surface area contributed by atoms with E-state index in [2.05, 4.69) is 4.18 Å². The van der Waals surface area contributed by atoms with Crippen molar-refractivity contribution < 1.29 is 32.0 Å².